The zero-order chi connectivity index (χ0) is 22.1. The first kappa shape index (κ1) is 20.9. The van der Waals surface area contributed by atoms with Gasteiger partial charge in [0.15, 0.2) is 0 Å². The van der Waals surface area contributed by atoms with Crippen LogP contribution < -0.4 is 0 Å². The second kappa shape index (κ2) is 8.87. The molecule has 5 nitrogen and oxygen atoms in total. The Hall–Kier alpha value is -2.99. The summed E-state index contributed by atoms with van der Waals surface area (Å²) in [4.78, 5) is 23.0. The molecule has 0 aliphatic heterocycles. The van der Waals surface area contributed by atoms with Crippen molar-refractivity contribution in [3.8, 4) is 22.0 Å². The zero-order valence-electron chi connectivity index (χ0n) is 18.5. The molecule has 1 fully saturated rings. The minimum Gasteiger partial charge on any atom is -0.462 e. The second-order valence-electron chi connectivity index (χ2n) is 8.35. The lowest BCUT2D eigenvalue weighted by molar-refractivity contribution is 0.0532. The number of esters is 1. The van der Waals surface area contributed by atoms with Crippen LogP contribution in [0.1, 0.15) is 65.9 Å². The summed E-state index contributed by atoms with van der Waals surface area (Å²) >= 11 is 1.38. The first-order valence-corrected chi connectivity index (χ1v) is 12.2. The topological polar surface area (TPSA) is 56.5 Å². The van der Waals surface area contributed by atoms with Gasteiger partial charge in [-0.3, -0.25) is 4.40 Å². The number of nitrogens with zero attached hydrogens (tertiary/aromatic N) is 3. The zero-order valence-corrected chi connectivity index (χ0v) is 19.3. The summed E-state index contributed by atoms with van der Waals surface area (Å²) in [6, 6.07) is 14.2. The van der Waals surface area contributed by atoms with E-state index in [0.717, 1.165) is 27.6 Å². The lowest BCUT2D eigenvalue weighted by atomic mass is 9.85. The van der Waals surface area contributed by atoms with Crippen LogP contribution in [0.2, 0.25) is 0 Å². The molecule has 4 aromatic rings. The summed E-state index contributed by atoms with van der Waals surface area (Å²) in [5.41, 5.74) is 5.71. The van der Waals surface area contributed by atoms with E-state index in [0.29, 0.717) is 23.1 Å². The van der Waals surface area contributed by atoms with Gasteiger partial charge in [-0.25, -0.2) is 14.8 Å². The molecule has 3 heterocycles. The van der Waals surface area contributed by atoms with Crippen molar-refractivity contribution in [2.24, 2.45) is 0 Å². The molecule has 6 heteroatoms. The predicted molar refractivity (Wildman–Crippen MR) is 128 cm³/mol. The third-order valence-electron chi connectivity index (χ3n) is 6.23. The fourth-order valence-corrected chi connectivity index (χ4v) is 5.74. The Bertz CT molecular complexity index is 1250. The molecule has 1 aliphatic rings. The largest absolute Gasteiger partial charge is 0.462 e. The van der Waals surface area contributed by atoms with Crippen molar-refractivity contribution in [2.75, 3.05) is 6.61 Å². The summed E-state index contributed by atoms with van der Waals surface area (Å²) in [5.74, 6) is 0.277. The first-order chi connectivity index (χ1) is 15.7. The lowest BCUT2D eigenvalue weighted by Gasteiger charge is -2.22. The number of aromatic nitrogens is 3. The van der Waals surface area contributed by atoms with E-state index < -0.39 is 0 Å². The molecule has 0 unspecified atom stereocenters. The van der Waals surface area contributed by atoms with Crippen LogP contribution in [0.4, 0.5) is 0 Å². The maximum Gasteiger partial charge on any atom is 0.350 e. The monoisotopic (exact) mass is 445 g/mol. The molecule has 1 saturated carbocycles. The molecule has 0 bridgehead atoms. The second-order valence-corrected chi connectivity index (χ2v) is 9.35. The Labute approximate surface area is 192 Å². The number of imidazole rings is 1. The third kappa shape index (κ3) is 3.84. The van der Waals surface area contributed by atoms with Gasteiger partial charge >= 0.3 is 5.97 Å². The highest BCUT2D eigenvalue weighted by atomic mass is 32.1. The Morgan fingerprint density at radius 3 is 2.62 bits per heavy atom. The molecular formula is C26H27N3O2S. The molecule has 32 heavy (non-hydrogen) atoms. The van der Waals surface area contributed by atoms with E-state index in [1.807, 2.05) is 44.2 Å². The summed E-state index contributed by atoms with van der Waals surface area (Å²) < 4.78 is 7.50. The van der Waals surface area contributed by atoms with Crippen molar-refractivity contribution in [1.82, 2.24) is 14.4 Å². The molecule has 3 aromatic heterocycles. The molecule has 0 N–H and O–H groups in total. The molecular weight excluding hydrogens is 418 g/mol. The molecule has 0 amide bonds. The normalized spacial score (nSPS) is 14.7. The van der Waals surface area contributed by atoms with Crippen LogP contribution >= 0.6 is 11.3 Å². The molecule has 164 valence electrons. The molecule has 1 aromatic carbocycles. The van der Waals surface area contributed by atoms with Gasteiger partial charge in [-0.1, -0.05) is 55.7 Å². The first-order valence-electron chi connectivity index (χ1n) is 11.4. The summed E-state index contributed by atoms with van der Waals surface area (Å²) in [6.07, 6.45) is 8.66. The minimum atomic E-state index is -0.329. The predicted octanol–water partition coefficient (Wildman–Crippen LogP) is 6.66. The number of hydrogen-bond acceptors (Lipinski definition) is 5. The number of ether oxygens (including phenoxy) is 1. The standard InChI is InChI=1S/C26H27N3O2S/c1-3-31-26(30)24-22(19-12-8-5-9-13-19)28-25(32-24)23-17(2)27-21-15-14-20(16-29(21)23)18-10-6-4-7-11-18/h5,8-9,12-16,18H,3-4,6-7,10-11H2,1-2H3. The van der Waals surface area contributed by atoms with Crippen LogP contribution in [0, 0.1) is 6.92 Å². The average Bonchev–Trinajstić information content (AvgIpc) is 3.40. The van der Waals surface area contributed by atoms with Crippen molar-refractivity contribution in [2.45, 2.75) is 51.9 Å². The van der Waals surface area contributed by atoms with E-state index in [1.54, 1.807) is 0 Å². The van der Waals surface area contributed by atoms with Crippen LogP contribution in [-0.2, 0) is 4.74 Å². The van der Waals surface area contributed by atoms with Gasteiger partial charge in [0.25, 0.3) is 0 Å². The van der Waals surface area contributed by atoms with Gasteiger partial charge in [0.1, 0.15) is 21.2 Å². The van der Waals surface area contributed by atoms with E-state index in [2.05, 4.69) is 22.7 Å². The van der Waals surface area contributed by atoms with Crippen molar-refractivity contribution in [3.63, 3.8) is 0 Å². The number of rotatable bonds is 5. The third-order valence-corrected chi connectivity index (χ3v) is 7.27. The van der Waals surface area contributed by atoms with E-state index >= 15 is 0 Å². The van der Waals surface area contributed by atoms with Crippen molar-refractivity contribution in [1.29, 1.82) is 0 Å². The fourth-order valence-electron chi connectivity index (χ4n) is 4.66. The van der Waals surface area contributed by atoms with Gasteiger partial charge in [0.05, 0.1) is 18.0 Å². The molecule has 5 rings (SSSR count). The van der Waals surface area contributed by atoms with Crippen LogP contribution in [0.25, 0.3) is 27.6 Å². The molecule has 0 saturated heterocycles. The number of benzene rings is 1. The van der Waals surface area contributed by atoms with E-state index in [1.165, 1.54) is 49.0 Å². The Balaban J connectivity index is 1.64. The maximum absolute atomic E-state index is 12.8. The van der Waals surface area contributed by atoms with Gasteiger partial charge in [0.2, 0.25) is 0 Å². The molecule has 0 radical (unpaired) electrons. The molecule has 1 aliphatic carbocycles. The van der Waals surface area contributed by atoms with E-state index in [9.17, 15) is 4.79 Å². The number of thiazole rings is 1. The quantitative estimate of drug-likeness (QED) is 0.322. The van der Waals surface area contributed by atoms with E-state index in [-0.39, 0.29) is 5.97 Å². The average molecular weight is 446 g/mol. The van der Waals surface area contributed by atoms with Crippen LogP contribution in [0.3, 0.4) is 0 Å². The number of pyridine rings is 1. The fraction of sp³-hybridized carbons (Fsp3) is 0.346. The van der Waals surface area contributed by atoms with Gasteiger partial charge in [0, 0.05) is 11.8 Å². The number of carbonyl (C=O) groups excluding carboxylic acids is 1. The smallest absolute Gasteiger partial charge is 0.350 e. The SMILES string of the molecule is CCOC(=O)c1sc(-c2c(C)nc3ccc(C4CCCCC4)cn23)nc1-c1ccccc1. The summed E-state index contributed by atoms with van der Waals surface area (Å²) in [7, 11) is 0. The molecule has 0 atom stereocenters. The van der Waals surface area contributed by atoms with Crippen LogP contribution in [-0.4, -0.2) is 26.9 Å². The highest BCUT2D eigenvalue weighted by Gasteiger charge is 2.25. The number of aryl methyl sites for hydroxylation is 1. The van der Waals surface area contributed by atoms with Crippen molar-refractivity contribution < 1.29 is 9.53 Å². The van der Waals surface area contributed by atoms with Crippen LogP contribution in [0.15, 0.2) is 48.7 Å². The van der Waals surface area contributed by atoms with Crippen LogP contribution in [0.5, 0.6) is 0 Å². The van der Waals surface area contributed by atoms with Gasteiger partial charge in [-0.15, -0.1) is 11.3 Å². The van der Waals surface area contributed by atoms with Crippen molar-refractivity contribution >= 4 is 23.0 Å². The summed E-state index contributed by atoms with van der Waals surface area (Å²) in [6.45, 7) is 4.17. The highest BCUT2D eigenvalue weighted by Crippen LogP contribution is 2.37. The van der Waals surface area contributed by atoms with Crippen molar-refractivity contribution in [3.05, 3.63) is 64.8 Å². The maximum atomic E-state index is 12.8. The number of hydrogen-bond donors (Lipinski definition) is 0. The Morgan fingerprint density at radius 2 is 1.88 bits per heavy atom. The highest BCUT2D eigenvalue weighted by molar-refractivity contribution is 7.17. The van der Waals surface area contributed by atoms with E-state index in [4.69, 9.17) is 14.7 Å². The minimum absolute atomic E-state index is 0.329. The number of carbonyl (C=O) groups is 1. The molecule has 0 spiro atoms. The van der Waals surface area contributed by atoms with Gasteiger partial charge < -0.3 is 4.74 Å². The Kier molecular flexibility index (Phi) is 5.79. The Morgan fingerprint density at radius 1 is 1.09 bits per heavy atom. The lowest BCUT2D eigenvalue weighted by Crippen LogP contribution is -2.05. The summed E-state index contributed by atoms with van der Waals surface area (Å²) in [5, 5.41) is 0.790. The van der Waals surface area contributed by atoms with Gasteiger partial charge in [-0.2, -0.15) is 0 Å². The van der Waals surface area contributed by atoms with Gasteiger partial charge in [-0.05, 0) is 44.2 Å². The number of fused-ring (bicyclic) bond motifs is 1.